The fraction of sp³-hybridized carbons (Fsp3) is 0.474. The number of methoxy groups -OCH3 is 1. The molecule has 1 spiro atoms. The lowest BCUT2D eigenvalue weighted by atomic mass is 9.98. The van der Waals surface area contributed by atoms with E-state index in [0.717, 1.165) is 17.7 Å². The Morgan fingerprint density at radius 1 is 1.29 bits per heavy atom. The SMILES string of the molecule is COc1cccc(NC(=O)[C@@H](C)OC(=O)CN2C(=O)NC3(CCCC3)C2=O)c1. The minimum absolute atomic E-state index is 0.402. The van der Waals surface area contributed by atoms with Gasteiger partial charge in [0, 0.05) is 11.8 Å². The Hall–Kier alpha value is -3.10. The van der Waals surface area contributed by atoms with E-state index in [1.54, 1.807) is 24.3 Å². The molecule has 0 unspecified atom stereocenters. The number of anilines is 1. The summed E-state index contributed by atoms with van der Waals surface area (Å²) >= 11 is 0. The van der Waals surface area contributed by atoms with Crippen molar-refractivity contribution in [1.29, 1.82) is 0 Å². The minimum atomic E-state index is -1.10. The number of carbonyl (C=O) groups excluding carboxylic acids is 4. The van der Waals surface area contributed by atoms with Gasteiger partial charge < -0.3 is 20.1 Å². The molecule has 0 bridgehead atoms. The van der Waals surface area contributed by atoms with Crippen LogP contribution in [0.3, 0.4) is 0 Å². The third-order valence-corrected chi connectivity index (χ3v) is 5.00. The van der Waals surface area contributed by atoms with E-state index < -0.39 is 42.0 Å². The number of hydrogen-bond donors (Lipinski definition) is 2. The molecule has 4 amide bonds. The molecule has 1 aliphatic heterocycles. The number of imide groups is 1. The number of carbonyl (C=O) groups is 4. The van der Waals surface area contributed by atoms with E-state index in [1.165, 1.54) is 14.0 Å². The first kappa shape index (κ1) is 19.7. The Labute approximate surface area is 162 Å². The molecule has 3 rings (SSSR count). The second-order valence-electron chi connectivity index (χ2n) is 6.96. The second kappa shape index (κ2) is 7.87. The zero-order valence-electron chi connectivity index (χ0n) is 15.8. The van der Waals surface area contributed by atoms with Crippen LogP contribution in [0.5, 0.6) is 5.75 Å². The topological polar surface area (TPSA) is 114 Å². The van der Waals surface area contributed by atoms with Gasteiger partial charge in [-0.3, -0.25) is 19.3 Å². The van der Waals surface area contributed by atoms with E-state index in [4.69, 9.17) is 9.47 Å². The van der Waals surface area contributed by atoms with Gasteiger partial charge in [0.1, 0.15) is 17.8 Å². The maximum atomic E-state index is 12.5. The Morgan fingerprint density at radius 2 is 2.00 bits per heavy atom. The van der Waals surface area contributed by atoms with Gasteiger partial charge in [-0.1, -0.05) is 18.9 Å². The predicted molar refractivity (Wildman–Crippen MR) is 98.6 cm³/mol. The molecule has 1 saturated carbocycles. The smallest absolute Gasteiger partial charge is 0.327 e. The van der Waals surface area contributed by atoms with Crippen LogP contribution >= 0.6 is 0 Å². The van der Waals surface area contributed by atoms with Gasteiger partial charge in [-0.05, 0) is 31.9 Å². The standard InChI is InChI=1S/C19H23N3O6/c1-12(16(24)20-13-6-5-7-14(10-13)27-2)28-15(23)11-22-17(25)19(21-18(22)26)8-3-4-9-19/h5-7,10,12H,3-4,8-9,11H2,1-2H3,(H,20,24)(H,21,26)/t12-/m1/s1. The highest BCUT2D eigenvalue weighted by molar-refractivity contribution is 6.09. The summed E-state index contributed by atoms with van der Waals surface area (Å²) in [6.07, 6.45) is 1.75. The summed E-state index contributed by atoms with van der Waals surface area (Å²) in [6, 6.07) is 6.14. The van der Waals surface area contributed by atoms with Crippen LogP contribution in [0, 0.1) is 0 Å². The van der Waals surface area contributed by atoms with E-state index in [1.807, 2.05) is 0 Å². The molecule has 1 aromatic carbocycles. The van der Waals surface area contributed by atoms with Crippen molar-refractivity contribution < 1.29 is 28.7 Å². The summed E-state index contributed by atoms with van der Waals surface area (Å²) in [5.74, 6) is -1.19. The summed E-state index contributed by atoms with van der Waals surface area (Å²) < 4.78 is 10.2. The lowest BCUT2D eigenvalue weighted by Gasteiger charge is -2.20. The number of ether oxygens (including phenoxy) is 2. The number of nitrogens with zero attached hydrogens (tertiary/aromatic N) is 1. The van der Waals surface area contributed by atoms with Gasteiger partial charge in [-0.2, -0.15) is 0 Å². The summed E-state index contributed by atoms with van der Waals surface area (Å²) in [4.78, 5) is 49.9. The molecule has 9 nitrogen and oxygen atoms in total. The molecular weight excluding hydrogens is 366 g/mol. The number of hydrogen-bond acceptors (Lipinski definition) is 6. The minimum Gasteiger partial charge on any atom is -0.497 e. The third kappa shape index (κ3) is 3.92. The van der Waals surface area contributed by atoms with Crippen LogP contribution < -0.4 is 15.4 Å². The molecule has 9 heteroatoms. The maximum absolute atomic E-state index is 12.5. The predicted octanol–water partition coefficient (Wildman–Crippen LogP) is 1.43. The van der Waals surface area contributed by atoms with Crippen LogP contribution in [-0.4, -0.2) is 54.0 Å². The van der Waals surface area contributed by atoms with E-state index >= 15 is 0 Å². The van der Waals surface area contributed by atoms with Crippen LogP contribution in [0.2, 0.25) is 0 Å². The third-order valence-electron chi connectivity index (χ3n) is 5.00. The fourth-order valence-corrected chi connectivity index (χ4v) is 3.50. The van der Waals surface area contributed by atoms with Crippen molar-refractivity contribution in [2.45, 2.75) is 44.2 Å². The average Bonchev–Trinajstić information content (AvgIpc) is 3.22. The van der Waals surface area contributed by atoms with Gasteiger partial charge >= 0.3 is 12.0 Å². The molecule has 150 valence electrons. The van der Waals surface area contributed by atoms with E-state index in [0.29, 0.717) is 24.3 Å². The highest BCUT2D eigenvalue weighted by atomic mass is 16.5. The van der Waals surface area contributed by atoms with E-state index in [-0.39, 0.29) is 0 Å². The fourth-order valence-electron chi connectivity index (χ4n) is 3.50. The Kier molecular flexibility index (Phi) is 5.53. The summed E-state index contributed by atoms with van der Waals surface area (Å²) in [5.41, 5.74) is -0.392. The molecule has 2 N–H and O–H groups in total. The van der Waals surface area contributed by atoms with Crippen molar-refractivity contribution in [2.75, 3.05) is 19.0 Å². The molecule has 1 atom stereocenters. The highest BCUT2D eigenvalue weighted by Gasteiger charge is 2.52. The number of benzene rings is 1. The van der Waals surface area contributed by atoms with Gasteiger partial charge in [-0.25, -0.2) is 4.79 Å². The molecule has 0 aromatic heterocycles. The molecule has 1 heterocycles. The maximum Gasteiger partial charge on any atom is 0.327 e. The first-order valence-corrected chi connectivity index (χ1v) is 9.13. The molecule has 0 radical (unpaired) electrons. The summed E-state index contributed by atoms with van der Waals surface area (Å²) in [7, 11) is 1.51. The van der Waals surface area contributed by atoms with Crippen LogP contribution in [-0.2, 0) is 19.1 Å². The van der Waals surface area contributed by atoms with Gasteiger partial charge in [-0.15, -0.1) is 0 Å². The normalized spacial score (nSPS) is 18.7. The second-order valence-corrected chi connectivity index (χ2v) is 6.96. The van der Waals surface area contributed by atoms with Crippen molar-refractivity contribution in [1.82, 2.24) is 10.2 Å². The van der Waals surface area contributed by atoms with Crippen molar-refractivity contribution in [3.8, 4) is 5.75 Å². The van der Waals surface area contributed by atoms with Crippen LogP contribution in [0.4, 0.5) is 10.5 Å². The molecule has 2 fully saturated rings. The summed E-state index contributed by atoms with van der Waals surface area (Å²) in [5, 5.41) is 5.31. The van der Waals surface area contributed by atoms with Gasteiger partial charge in [0.15, 0.2) is 6.10 Å². The molecule has 1 saturated heterocycles. The quantitative estimate of drug-likeness (QED) is 0.562. The van der Waals surface area contributed by atoms with Gasteiger partial charge in [0.2, 0.25) is 0 Å². The highest BCUT2D eigenvalue weighted by Crippen LogP contribution is 2.34. The van der Waals surface area contributed by atoms with Crippen molar-refractivity contribution in [3.05, 3.63) is 24.3 Å². The van der Waals surface area contributed by atoms with Crippen molar-refractivity contribution in [3.63, 3.8) is 0 Å². The van der Waals surface area contributed by atoms with Crippen molar-refractivity contribution in [2.24, 2.45) is 0 Å². The molecule has 28 heavy (non-hydrogen) atoms. The number of amides is 4. The van der Waals surface area contributed by atoms with Crippen molar-refractivity contribution >= 4 is 29.5 Å². The van der Waals surface area contributed by atoms with Gasteiger partial charge in [0.25, 0.3) is 11.8 Å². The van der Waals surface area contributed by atoms with Crippen LogP contribution in [0.1, 0.15) is 32.6 Å². The van der Waals surface area contributed by atoms with Gasteiger partial charge in [0.05, 0.1) is 7.11 Å². The largest absolute Gasteiger partial charge is 0.497 e. The van der Waals surface area contributed by atoms with Crippen LogP contribution in [0.15, 0.2) is 24.3 Å². The molecular formula is C19H23N3O6. The first-order valence-electron chi connectivity index (χ1n) is 9.13. The molecule has 1 aromatic rings. The first-order chi connectivity index (χ1) is 13.3. The lowest BCUT2D eigenvalue weighted by Crippen LogP contribution is -2.44. The Morgan fingerprint density at radius 3 is 2.68 bits per heavy atom. The number of esters is 1. The molecule has 2 aliphatic rings. The Bertz CT molecular complexity index is 803. The van der Waals surface area contributed by atoms with E-state index in [2.05, 4.69) is 10.6 Å². The zero-order chi connectivity index (χ0) is 20.3. The zero-order valence-corrected chi connectivity index (χ0v) is 15.8. The Balaban J connectivity index is 1.54. The van der Waals surface area contributed by atoms with E-state index in [9.17, 15) is 19.2 Å². The monoisotopic (exact) mass is 389 g/mol. The van der Waals surface area contributed by atoms with Crippen LogP contribution in [0.25, 0.3) is 0 Å². The lowest BCUT2D eigenvalue weighted by molar-refractivity contribution is -0.155. The number of rotatable bonds is 6. The number of urea groups is 1. The summed E-state index contributed by atoms with van der Waals surface area (Å²) in [6.45, 7) is 0.890. The molecule has 1 aliphatic carbocycles. The average molecular weight is 389 g/mol. The number of nitrogens with one attached hydrogen (secondary N) is 2.